The fourth-order valence-corrected chi connectivity index (χ4v) is 2.31. The maximum Gasteiger partial charge on any atom is 0.328 e. The van der Waals surface area contributed by atoms with Gasteiger partial charge in [-0.15, -0.1) is 0 Å². The van der Waals surface area contributed by atoms with Crippen molar-refractivity contribution in [3.8, 4) is 0 Å². The average Bonchev–Trinajstić information content (AvgIpc) is 2.72. The first-order valence-corrected chi connectivity index (χ1v) is 5.88. The molecule has 1 amide bonds. The van der Waals surface area contributed by atoms with Crippen molar-refractivity contribution in [2.45, 2.75) is 38.3 Å². The summed E-state index contributed by atoms with van der Waals surface area (Å²) in [4.78, 5) is 22.7. The molecule has 0 aromatic heterocycles. The second kappa shape index (κ2) is 5.97. The van der Waals surface area contributed by atoms with Crippen molar-refractivity contribution in [1.29, 1.82) is 0 Å². The molecule has 0 heterocycles. The Balaban J connectivity index is 2.61. The quantitative estimate of drug-likeness (QED) is 0.511. The van der Waals surface area contributed by atoms with Gasteiger partial charge in [-0.25, -0.2) is 4.79 Å². The highest BCUT2D eigenvalue weighted by Crippen LogP contribution is 2.31. The van der Waals surface area contributed by atoms with Crippen LogP contribution in [-0.4, -0.2) is 40.8 Å². The van der Waals surface area contributed by atoms with Crippen molar-refractivity contribution in [3.63, 3.8) is 0 Å². The van der Waals surface area contributed by atoms with Gasteiger partial charge in [-0.3, -0.25) is 4.79 Å². The molecular formula is C11H20N2O4. The van der Waals surface area contributed by atoms with Crippen molar-refractivity contribution < 1.29 is 19.8 Å². The molecule has 0 saturated heterocycles. The van der Waals surface area contributed by atoms with Gasteiger partial charge in [0, 0.05) is 5.92 Å². The standard InChI is InChI=1S/C11H20N2O4/c1-6(14)9(11(16)17)13-10(15)8-4-2-3-7(8)5-12/h6-9,14H,2-5,12H2,1H3,(H,13,15)(H,16,17)/t6-,7?,8?,9+/m1/s1. The smallest absolute Gasteiger partial charge is 0.328 e. The molecule has 1 aliphatic carbocycles. The van der Waals surface area contributed by atoms with Crippen molar-refractivity contribution in [2.24, 2.45) is 17.6 Å². The Morgan fingerprint density at radius 3 is 2.59 bits per heavy atom. The summed E-state index contributed by atoms with van der Waals surface area (Å²) in [5, 5.41) is 20.5. The van der Waals surface area contributed by atoms with Crippen LogP contribution in [0.2, 0.25) is 0 Å². The maximum atomic E-state index is 11.9. The van der Waals surface area contributed by atoms with Crippen molar-refractivity contribution in [3.05, 3.63) is 0 Å². The number of amides is 1. The highest BCUT2D eigenvalue weighted by Gasteiger charge is 2.35. The van der Waals surface area contributed by atoms with Crippen molar-refractivity contribution in [2.75, 3.05) is 6.54 Å². The third-order valence-electron chi connectivity index (χ3n) is 3.34. The molecule has 98 valence electrons. The van der Waals surface area contributed by atoms with Crippen LogP contribution in [0.5, 0.6) is 0 Å². The summed E-state index contributed by atoms with van der Waals surface area (Å²) in [6.07, 6.45) is 1.46. The average molecular weight is 244 g/mol. The van der Waals surface area contributed by atoms with Crippen LogP contribution in [0.4, 0.5) is 0 Å². The van der Waals surface area contributed by atoms with Gasteiger partial charge in [0.05, 0.1) is 6.10 Å². The Labute approximate surface area is 100 Å². The van der Waals surface area contributed by atoms with Gasteiger partial charge in [0.1, 0.15) is 0 Å². The molecule has 1 saturated carbocycles. The minimum Gasteiger partial charge on any atom is -0.480 e. The molecule has 0 aromatic rings. The summed E-state index contributed by atoms with van der Waals surface area (Å²) in [5.74, 6) is -1.64. The van der Waals surface area contributed by atoms with Gasteiger partial charge in [-0.2, -0.15) is 0 Å². The zero-order valence-corrected chi connectivity index (χ0v) is 9.93. The number of aliphatic hydroxyl groups excluding tert-OH is 1. The molecule has 0 aromatic carbocycles. The van der Waals surface area contributed by atoms with E-state index >= 15 is 0 Å². The number of carbonyl (C=O) groups is 2. The van der Waals surface area contributed by atoms with E-state index in [2.05, 4.69) is 5.32 Å². The number of nitrogens with two attached hydrogens (primary N) is 1. The lowest BCUT2D eigenvalue weighted by Crippen LogP contribution is -2.50. The van der Waals surface area contributed by atoms with E-state index in [9.17, 15) is 14.7 Å². The molecule has 0 radical (unpaired) electrons. The lowest BCUT2D eigenvalue weighted by atomic mass is 9.95. The number of aliphatic hydroxyl groups is 1. The van der Waals surface area contributed by atoms with Gasteiger partial charge in [0.25, 0.3) is 0 Å². The molecular weight excluding hydrogens is 224 g/mol. The number of rotatable bonds is 5. The normalized spacial score (nSPS) is 27.5. The SMILES string of the molecule is C[C@@H](O)[C@H](NC(=O)C1CCCC1CN)C(=O)O. The van der Waals surface area contributed by atoms with Crippen LogP contribution in [0.15, 0.2) is 0 Å². The number of hydrogen-bond acceptors (Lipinski definition) is 4. The van der Waals surface area contributed by atoms with Crippen molar-refractivity contribution in [1.82, 2.24) is 5.32 Å². The molecule has 6 nitrogen and oxygen atoms in total. The Morgan fingerprint density at radius 2 is 2.12 bits per heavy atom. The van der Waals surface area contributed by atoms with Crippen molar-refractivity contribution >= 4 is 11.9 Å². The zero-order valence-electron chi connectivity index (χ0n) is 9.93. The second-order valence-electron chi connectivity index (χ2n) is 4.60. The van der Waals surface area contributed by atoms with Crippen LogP contribution in [0, 0.1) is 11.8 Å². The maximum absolute atomic E-state index is 11.9. The molecule has 4 atom stereocenters. The number of carboxylic acid groups (broad SMARTS) is 1. The van der Waals surface area contributed by atoms with Gasteiger partial charge in [-0.05, 0) is 32.2 Å². The first kappa shape index (κ1) is 13.9. The highest BCUT2D eigenvalue weighted by atomic mass is 16.4. The Bertz CT molecular complexity index is 293. The molecule has 1 fully saturated rings. The van der Waals surface area contributed by atoms with E-state index in [0.29, 0.717) is 6.54 Å². The van der Waals surface area contributed by atoms with E-state index < -0.39 is 18.1 Å². The Hall–Kier alpha value is -1.14. The zero-order chi connectivity index (χ0) is 13.0. The number of carboxylic acids is 1. The van der Waals surface area contributed by atoms with E-state index in [1.54, 1.807) is 0 Å². The predicted molar refractivity (Wildman–Crippen MR) is 61.1 cm³/mol. The lowest BCUT2D eigenvalue weighted by Gasteiger charge is -2.22. The van der Waals surface area contributed by atoms with Crippen LogP contribution in [0.1, 0.15) is 26.2 Å². The topological polar surface area (TPSA) is 113 Å². The first-order valence-electron chi connectivity index (χ1n) is 5.88. The molecule has 2 unspecified atom stereocenters. The summed E-state index contributed by atoms with van der Waals surface area (Å²) in [6, 6.07) is -1.25. The first-order chi connectivity index (χ1) is 7.97. The fraction of sp³-hybridized carbons (Fsp3) is 0.818. The fourth-order valence-electron chi connectivity index (χ4n) is 2.31. The molecule has 0 bridgehead atoms. The van der Waals surface area contributed by atoms with E-state index in [4.69, 9.17) is 10.8 Å². The largest absolute Gasteiger partial charge is 0.480 e. The van der Waals surface area contributed by atoms with Crippen LogP contribution in [-0.2, 0) is 9.59 Å². The van der Waals surface area contributed by atoms with Crippen LogP contribution < -0.4 is 11.1 Å². The van der Waals surface area contributed by atoms with Gasteiger partial charge in [0.15, 0.2) is 6.04 Å². The molecule has 1 rings (SSSR count). The van der Waals surface area contributed by atoms with Gasteiger partial charge in [-0.1, -0.05) is 6.42 Å². The lowest BCUT2D eigenvalue weighted by molar-refractivity contribution is -0.145. The summed E-state index contributed by atoms with van der Waals surface area (Å²) < 4.78 is 0. The minimum atomic E-state index is -1.25. The Morgan fingerprint density at radius 1 is 1.47 bits per heavy atom. The number of hydrogen-bond donors (Lipinski definition) is 4. The number of nitrogens with one attached hydrogen (secondary N) is 1. The van der Waals surface area contributed by atoms with Crippen LogP contribution in [0.3, 0.4) is 0 Å². The molecule has 0 aliphatic heterocycles. The number of carbonyl (C=O) groups excluding carboxylic acids is 1. The summed E-state index contributed by atoms with van der Waals surface area (Å²) in [6.45, 7) is 1.78. The Kier molecular flexibility index (Phi) is 4.89. The molecule has 17 heavy (non-hydrogen) atoms. The van der Waals surface area contributed by atoms with Gasteiger partial charge < -0.3 is 21.3 Å². The summed E-state index contributed by atoms with van der Waals surface area (Å²) >= 11 is 0. The van der Waals surface area contributed by atoms with Gasteiger partial charge in [0.2, 0.25) is 5.91 Å². The predicted octanol–water partition coefficient (Wildman–Crippen LogP) is -0.688. The van der Waals surface area contributed by atoms with E-state index in [1.807, 2.05) is 0 Å². The number of aliphatic carboxylic acids is 1. The third kappa shape index (κ3) is 3.41. The monoisotopic (exact) mass is 244 g/mol. The summed E-state index contributed by atoms with van der Waals surface area (Å²) in [7, 11) is 0. The van der Waals surface area contributed by atoms with E-state index in [1.165, 1.54) is 6.92 Å². The van der Waals surface area contributed by atoms with E-state index in [0.717, 1.165) is 19.3 Å². The second-order valence-corrected chi connectivity index (χ2v) is 4.60. The summed E-state index contributed by atoms with van der Waals surface area (Å²) in [5.41, 5.74) is 5.57. The highest BCUT2D eigenvalue weighted by molar-refractivity contribution is 5.85. The molecule has 1 aliphatic rings. The minimum absolute atomic E-state index is 0.124. The van der Waals surface area contributed by atoms with Crippen LogP contribution >= 0.6 is 0 Å². The molecule has 5 N–H and O–H groups in total. The van der Waals surface area contributed by atoms with Gasteiger partial charge >= 0.3 is 5.97 Å². The molecule has 0 spiro atoms. The van der Waals surface area contributed by atoms with E-state index in [-0.39, 0.29) is 17.7 Å². The third-order valence-corrected chi connectivity index (χ3v) is 3.34. The molecule has 6 heteroatoms. The van der Waals surface area contributed by atoms with Crippen LogP contribution in [0.25, 0.3) is 0 Å².